The number of amides is 1. The van der Waals surface area contributed by atoms with Crippen molar-refractivity contribution >= 4 is 11.6 Å². The number of nitrogens with one attached hydrogen (secondary N) is 1. The Morgan fingerprint density at radius 1 is 1.10 bits per heavy atom. The van der Waals surface area contributed by atoms with E-state index in [9.17, 15) is 9.18 Å². The van der Waals surface area contributed by atoms with Gasteiger partial charge in [0.25, 0.3) is 0 Å². The highest BCUT2D eigenvalue weighted by Gasteiger charge is 2.15. The minimum Gasteiger partial charge on any atom is -0.494 e. The van der Waals surface area contributed by atoms with Gasteiger partial charge in [-0.25, -0.2) is 9.37 Å². The number of nitrogens with zero attached hydrogens (tertiary/aromatic N) is 2. The molecule has 0 unspecified atom stereocenters. The van der Waals surface area contributed by atoms with Crippen LogP contribution >= 0.6 is 0 Å². The minimum absolute atomic E-state index is 0.0568. The van der Waals surface area contributed by atoms with E-state index in [4.69, 9.17) is 4.74 Å². The molecule has 2 aromatic carbocycles. The summed E-state index contributed by atoms with van der Waals surface area (Å²) in [6.45, 7) is 1.42. The lowest BCUT2D eigenvalue weighted by atomic mass is 10.1. The first-order chi connectivity index (χ1) is 14.2. The van der Waals surface area contributed by atoms with Gasteiger partial charge in [0.1, 0.15) is 17.4 Å². The van der Waals surface area contributed by atoms with Gasteiger partial charge in [-0.3, -0.25) is 4.79 Å². The number of benzene rings is 2. The first kappa shape index (κ1) is 19.2. The summed E-state index contributed by atoms with van der Waals surface area (Å²) in [5.74, 6) is 1.24. The van der Waals surface area contributed by atoms with Crippen molar-refractivity contribution in [1.29, 1.82) is 0 Å². The van der Waals surface area contributed by atoms with Crippen LogP contribution in [0.3, 0.4) is 0 Å². The van der Waals surface area contributed by atoms with Gasteiger partial charge in [-0.1, -0.05) is 0 Å². The van der Waals surface area contributed by atoms with Gasteiger partial charge >= 0.3 is 0 Å². The molecule has 1 aromatic heterocycles. The Bertz CT molecular complexity index is 965. The first-order valence-corrected chi connectivity index (χ1v) is 10.0. The van der Waals surface area contributed by atoms with Crippen LogP contribution in [0, 0.1) is 5.82 Å². The quantitative estimate of drug-likeness (QED) is 0.586. The topological polar surface area (TPSA) is 56.1 Å². The molecule has 0 bridgehead atoms. The monoisotopic (exact) mass is 393 g/mol. The molecule has 5 nitrogen and oxygen atoms in total. The van der Waals surface area contributed by atoms with Crippen LogP contribution in [0.25, 0.3) is 11.4 Å². The molecule has 0 saturated heterocycles. The van der Waals surface area contributed by atoms with Crippen molar-refractivity contribution in [2.45, 2.75) is 38.6 Å². The Labute approximate surface area is 169 Å². The third-order valence-electron chi connectivity index (χ3n) is 5.06. The number of ether oxygens (including phenoxy) is 1. The SMILES string of the molecule is O=C(CCCOc1ccc(F)cc1)Nc1ccc(-c2ncc3n2CCCC3)cc1. The summed E-state index contributed by atoms with van der Waals surface area (Å²) in [6, 6.07) is 13.7. The average molecular weight is 393 g/mol. The second-order valence-electron chi connectivity index (χ2n) is 7.21. The number of hydrogen-bond acceptors (Lipinski definition) is 3. The van der Waals surface area contributed by atoms with Crippen molar-refractivity contribution in [2.24, 2.45) is 0 Å². The molecule has 0 atom stereocenters. The molecule has 0 spiro atoms. The highest BCUT2D eigenvalue weighted by molar-refractivity contribution is 5.90. The van der Waals surface area contributed by atoms with Gasteiger partial charge in [0, 0.05) is 36.1 Å². The number of carbonyl (C=O) groups excluding carboxylic acids is 1. The third kappa shape index (κ3) is 4.83. The molecule has 2 heterocycles. The molecule has 3 aromatic rings. The van der Waals surface area contributed by atoms with Gasteiger partial charge in [0.05, 0.1) is 6.61 Å². The zero-order valence-corrected chi connectivity index (χ0v) is 16.2. The highest BCUT2D eigenvalue weighted by Crippen LogP contribution is 2.25. The van der Waals surface area contributed by atoms with Crippen LogP contribution in [0.1, 0.15) is 31.4 Å². The van der Waals surface area contributed by atoms with Gasteiger partial charge in [-0.2, -0.15) is 0 Å². The molecule has 0 fully saturated rings. The maximum absolute atomic E-state index is 12.9. The fraction of sp³-hybridized carbons (Fsp3) is 0.304. The second kappa shape index (κ2) is 8.90. The zero-order valence-electron chi connectivity index (χ0n) is 16.2. The number of halogens is 1. The van der Waals surface area contributed by atoms with Gasteiger partial charge in [0.15, 0.2) is 0 Å². The molecule has 1 N–H and O–H groups in total. The zero-order chi connectivity index (χ0) is 20.1. The van der Waals surface area contributed by atoms with Crippen LogP contribution < -0.4 is 10.1 Å². The third-order valence-corrected chi connectivity index (χ3v) is 5.06. The lowest BCUT2D eigenvalue weighted by Crippen LogP contribution is -2.13. The van der Waals surface area contributed by atoms with E-state index in [0.29, 0.717) is 25.2 Å². The number of rotatable bonds is 7. The molecule has 1 aliphatic rings. The molecular weight excluding hydrogens is 369 g/mol. The van der Waals surface area contributed by atoms with Crippen LogP contribution in [-0.4, -0.2) is 22.1 Å². The fourth-order valence-electron chi connectivity index (χ4n) is 3.55. The maximum atomic E-state index is 12.9. The van der Waals surface area contributed by atoms with Crippen LogP contribution in [-0.2, 0) is 17.8 Å². The molecule has 1 amide bonds. The van der Waals surface area contributed by atoms with Crippen LogP contribution in [0.2, 0.25) is 0 Å². The smallest absolute Gasteiger partial charge is 0.224 e. The van der Waals surface area contributed by atoms with Crippen molar-refractivity contribution in [3.8, 4) is 17.1 Å². The minimum atomic E-state index is -0.296. The number of carbonyl (C=O) groups is 1. The Kier molecular flexibility index (Phi) is 5.89. The van der Waals surface area contributed by atoms with Gasteiger partial charge < -0.3 is 14.6 Å². The number of hydrogen-bond donors (Lipinski definition) is 1. The first-order valence-electron chi connectivity index (χ1n) is 10.0. The predicted octanol–water partition coefficient (Wildman–Crippen LogP) is 4.82. The fourth-order valence-corrected chi connectivity index (χ4v) is 3.55. The molecule has 0 saturated carbocycles. The predicted molar refractivity (Wildman–Crippen MR) is 110 cm³/mol. The number of anilines is 1. The Morgan fingerprint density at radius 3 is 2.69 bits per heavy atom. The van der Waals surface area contributed by atoms with Crippen molar-refractivity contribution in [1.82, 2.24) is 9.55 Å². The summed E-state index contributed by atoms with van der Waals surface area (Å²) in [7, 11) is 0. The molecule has 1 aliphatic heterocycles. The molecule has 6 heteroatoms. The van der Waals surface area contributed by atoms with E-state index in [1.54, 1.807) is 12.1 Å². The second-order valence-corrected chi connectivity index (χ2v) is 7.21. The largest absolute Gasteiger partial charge is 0.494 e. The van der Waals surface area contributed by atoms with Crippen molar-refractivity contribution < 1.29 is 13.9 Å². The normalized spacial score (nSPS) is 13.0. The molecule has 0 aliphatic carbocycles. The van der Waals surface area contributed by atoms with Gasteiger partial charge in [0.2, 0.25) is 5.91 Å². The van der Waals surface area contributed by atoms with Gasteiger partial charge in [-0.05, 0) is 74.2 Å². The van der Waals surface area contributed by atoms with E-state index >= 15 is 0 Å². The lowest BCUT2D eigenvalue weighted by Gasteiger charge is -2.16. The Morgan fingerprint density at radius 2 is 1.90 bits per heavy atom. The Hall–Kier alpha value is -3.15. The van der Waals surface area contributed by atoms with Gasteiger partial charge in [-0.15, -0.1) is 0 Å². The molecule has 150 valence electrons. The summed E-state index contributed by atoms with van der Waals surface area (Å²) in [5, 5.41) is 2.91. The molecule has 0 radical (unpaired) electrons. The standard InChI is InChI=1S/C23H24FN3O2/c24-18-8-12-21(13-9-18)29-15-3-5-22(28)26-19-10-6-17(7-11-19)23-25-16-20-4-1-2-14-27(20)23/h6-13,16H,1-5,14-15H2,(H,26,28). The van der Waals surface area contributed by atoms with Crippen LogP contribution in [0.15, 0.2) is 54.7 Å². The summed E-state index contributed by atoms with van der Waals surface area (Å²) >= 11 is 0. The van der Waals surface area contributed by atoms with Crippen molar-refractivity contribution in [3.63, 3.8) is 0 Å². The summed E-state index contributed by atoms with van der Waals surface area (Å²) in [5.41, 5.74) is 3.12. The summed E-state index contributed by atoms with van der Waals surface area (Å²) < 4.78 is 20.7. The van der Waals surface area contributed by atoms with Crippen molar-refractivity contribution in [3.05, 3.63) is 66.2 Å². The number of aromatic nitrogens is 2. The van der Waals surface area contributed by atoms with Crippen LogP contribution in [0.5, 0.6) is 5.75 Å². The van der Waals surface area contributed by atoms with E-state index in [1.807, 2.05) is 30.5 Å². The Balaban J connectivity index is 1.26. The van der Waals surface area contributed by atoms with E-state index in [2.05, 4.69) is 14.9 Å². The van der Waals surface area contributed by atoms with E-state index < -0.39 is 0 Å². The lowest BCUT2D eigenvalue weighted by molar-refractivity contribution is -0.116. The summed E-state index contributed by atoms with van der Waals surface area (Å²) in [4.78, 5) is 16.7. The van der Waals surface area contributed by atoms with Crippen LogP contribution in [0.4, 0.5) is 10.1 Å². The molecule has 4 rings (SSSR count). The average Bonchev–Trinajstić information content (AvgIpc) is 3.17. The van der Waals surface area contributed by atoms with E-state index in [0.717, 1.165) is 30.0 Å². The van der Waals surface area contributed by atoms with E-state index in [-0.39, 0.29) is 11.7 Å². The summed E-state index contributed by atoms with van der Waals surface area (Å²) in [6.07, 6.45) is 6.42. The molecular formula is C23H24FN3O2. The van der Waals surface area contributed by atoms with E-state index in [1.165, 1.54) is 30.7 Å². The maximum Gasteiger partial charge on any atom is 0.224 e. The molecule has 29 heavy (non-hydrogen) atoms. The number of fused-ring (bicyclic) bond motifs is 1. The number of imidazole rings is 1. The van der Waals surface area contributed by atoms with Crippen molar-refractivity contribution in [2.75, 3.05) is 11.9 Å². The highest BCUT2D eigenvalue weighted by atomic mass is 19.1. The number of aryl methyl sites for hydroxylation is 1.